The first-order chi connectivity index (χ1) is 8.55. The van der Waals surface area contributed by atoms with Crippen LogP contribution in [0.2, 0.25) is 0 Å². The van der Waals surface area contributed by atoms with Gasteiger partial charge in [-0.3, -0.25) is 5.10 Å². The minimum absolute atomic E-state index is 0. The topological polar surface area (TPSA) is 78.1 Å². The summed E-state index contributed by atoms with van der Waals surface area (Å²) in [7, 11) is -1.49. The second-order valence-corrected chi connectivity index (χ2v) is 6.69. The molecule has 19 heavy (non-hydrogen) atoms. The lowest BCUT2D eigenvalue weighted by atomic mass is 10.00. The fraction of sp³-hybridized carbons (Fsp3) is 0.727. The Morgan fingerprint density at radius 1 is 1.58 bits per heavy atom. The van der Waals surface area contributed by atoms with E-state index in [1.54, 1.807) is 11.2 Å². The zero-order valence-electron chi connectivity index (χ0n) is 11.2. The molecule has 2 N–H and O–H groups in total. The Morgan fingerprint density at radius 3 is 2.89 bits per heavy atom. The van der Waals surface area contributed by atoms with Gasteiger partial charge in [-0.15, -0.1) is 12.4 Å². The highest BCUT2D eigenvalue weighted by Crippen LogP contribution is 2.24. The molecular formula is C11H21ClN4O2S. The Kier molecular flexibility index (Phi) is 5.79. The van der Waals surface area contributed by atoms with Crippen molar-refractivity contribution in [3.05, 3.63) is 11.9 Å². The molecule has 1 aromatic heterocycles. The summed E-state index contributed by atoms with van der Waals surface area (Å²) >= 11 is 0. The number of hydrogen-bond acceptors (Lipinski definition) is 4. The van der Waals surface area contributed by atoms with Gasteiger partial charge < -0.3 is 5.32 Å². The smallest absolute Gasteiger partial charge is 0.246 e. The molecule has 2 heterocycles. The summed E-state index contributed by atoms with van der Waals surface area (Å²) in [5.74, 6) is 0.394. The predicted molar refractivity (Wildman–Crippen MR) is 76.0 cm³/mol. The van der Waals surface area contributed by atoms with Crippen LogP contribution in [0.1, 0.15) is 18.5 Å². The number of hydrogen-bond donors (Lipinski definition) is 2. The lowest BCUT2D eigenvalue weighted by Gasteiger charge is -2.31. The number of sulfonamides is 1. The Morgan fingerprint density at radius 2 is 2.32 bits per heavy atom. The Labute approximate surface area is 120 Å². The van der Waals surface area contributed by atoms with Crippen molar-refractivity contribution in [1.29, 1.82) is 0 Å². The molecule has 0 bridgehead atoms. The van der Waals surface area contributed by atoms with Crippen molar-refractivity contribution in [1.82, 2.24) is 19.8 Å². The van der Waals surface area contributed by atoms with Crippen LogP contribution in [0.3, 0.4) is 0 Å². The third-order valence-corrected chi connectivity index (χ3v) is 5.35. The SMILES string of the molecule is CNCC1CCCN(S(=O)(=O)c2cn[nH]c2C)C1.Cl. The zero-order chi connectivity index (χ0) is 13.2. The number of rotatable bonds is 4. The minimum Gasteiger partial charge on any atom is -0.319 e. The quantitative estimate of drug-likeness (QED) is 0.861. The Balaban J connectivity index is 0.00000180. The first-order valence-corrected chi connectivity index (χ1v) is 7.64. The molecule has 1 aliphatic rings. The summed E-state index contributed by atoms with van der Waals surface area (Å²) < 4.78 is 26.5. The van der Waals surface area contributed by atoms with E-state index in [1.165, 1.54) is 6.20 Å². The van der Waals surface area contributed by atoms with Crippen molar-refractivity contribution < 1.29 is 8.42 Å². The summed E-state index contributed by atoms with van der Waals surface area (Å²) in [6.45, 7) is 3.78. The standard InChI is InChI=1S/C11H20N4O2S.ClH/c1-9-11(7-13-14-9)18(16,17)15-5-3-4-10(8-15)6-12-2;/h7,10,12H,3-6,8H2,1-2H3,(H,13,14);1H. The van der Waals surface area contributed by atoms with Crippen LogP contribution >= 0.6 is 12.4 Å². The van der Waals surface area contributed by atoms with Crippen LogP contribution < -0.4 is 5.32 Å². The average Bonchev–Trinajstić information content (AvgIpc) is 2.77. The second-order valence-electron chi connectivity index (χ2n) is 4.79. The van der Waals surface area contributed by atoms with Crippen LogP contribution in [0.15, 0.2) is 11.1 Å². The van der Waals surface area contributed by atoms with Gasteiger partial charge in [0, 0.05) is 13.1 Å². The number of aromatic nitrogens is 2. The van der Waals surface area contributed by atoms with E-state index in [2.05, 4.69) is 15.5 Å². The maximum absolute atomic E-state index is 12.5. The Hall–Kier alpha value is -0.630. The van der Waals surface area contributed by atoms with Crippen LogP contribution in [0.5, 0.6) is 0 Å². The number of nitrogens with one attached hydrogen (secondary N) is 2. The normalized spacial score (nSPS) is 21.1. The number of halogens is 1. The van der Waals surface area contributed by atoms with Crippen molar-refractivity contribution in [3.8, 4) is 0 Å². The largest absolute Gasteiger partial charge is 0.319 e. The van der Waals surface area contributed by atoms with Gasteiger partial charge in [-0.2, -0.15) is 9.40 Å². The average molecular weight is 309 g/mol. The third kappa shape index (κ3) is 3.47. The fourth-order valence-corrected chi connectivity index (χ4v) is 4.11. The van der Waals surface area contributed by atoms with E-state index in [0.717, 1.165) is 19.4 Å². The number of aromatic amines is 1. The molecule has 1 atom stereocenters. The lowest BCUT2D eigenvalue weighted by Crippen LogP contribution is -2.42. The molecule has 1 aromatic rings. The fourth-order valence-electron chi connectivity index (χ4n) is 2.44. The third-order valence-electron chi connectivity index (χ3n) is 3.38. The molecule has 1 fully saturated rings. The molecule has 0 saturated carbocycles. The molecule has 6 nitrogen and oxygen atoms in total. The van der Waals surface area contributed by atoms with E-state index < -0.39 is 10.0 Å². The number of piperidine rings is 1. The first-order valence-electron chi connectivity index (χ1n) is 6.20. The molecular weight excluding hydrogens is 288 g/mol. The van der Waals surface area contributed by atoms with E-state index >= 15 is 0 Å². The van der Waals surface area contributed by atoms with Gasteiger partial charge in [0.15, 0.2) is 0 Å². The second kappa shape index (κ2) is 6.69. The summed E-state index contributed by atoms with van der Waals surface area (Å²) in [6.07, 6.45) is 3.39. The maximum atomic E-state index is 12.5. The van der Waals surface area contributed by atoms with Gasteiger partial charge in [-0.1, -0.05) is 0 Å². The van der Waals surface area contributed by atoms with E-state index in [9.17, 15) is 8.42 Å². The van der Waals surface area contributed by atoms with E-state index in [-0.39, 0.29) is 12.4 Å². The molecule has 0 radical (unpaired) electrons. The number of nitrogens with zero attached hydrogens (tertiary/aromatic N) is 2. The van der Waals surface area contributed by atoms with Crippen molar-refractivity contribution in [2.45, 2.75) is 24.7 Å². The van der Waals surface area contributed by atoms with Gasteiger partial charge in [0.25, 0.3) is 0 Å². The first kappa shape index (κ1) is 16.4. The minimum atomic E-state index is -3.39. The highest BCUT2D eigenvalue weighted by atomic mass is 35.5. The van der Waals surface area contributed by atoms with E-state index in [1.807, 2.05) is 7.05 Å². The van der Waals surface area contributed by atoms with E-state index in [4.69, 9.17) is 0 Å². The van der Waals surface area contributed by atoms with Crippen molar-refractivity contribution in [3.63, 3.8) is 0 Å². The number of aryl methyl sites for hydroxylation is 1. The van der Waals surface area contributed by atoms with Gasteiger partial charge in [0.1, 0.15) is 4.90 Å². The van der Waals surface area contributed by atoms with Crippen LogP contribution in [-0.2, 0) is 10.0 Å². The highest BCUT2D eigenvalue weighted by Gasteiger charge is 2.31. The summed E-state index contributed by atoms with van der Waals surface area (Å²) in [6, 6.07) is 0. The summed E-state index contributed by atoms with van der Waals surface area (Å²) in [5, 5.41) is 9.59. The van der Waals surface area contributed by atoms with Crippen molar-refractivity contribution in [2.24, 2.45) is 5.92 Å². The van der Waals surface area contributed by atoms with Gasteiger partial charge in [0.2, 0.25) is 10.0 Å². The van der Waals surface area contributed by atoms with E-state index in [0.29, 0.717) is 29.6 Å². The summed E-state index contributed by atoms with van der Waals surface area (Å²) in [4.78, 5) is 0.299. The molecule has 0 aliphatic carbocycles. The number of H-pyrrole nitrogens is 1. The van der Waals surface area contributed by atoms with Gasteiger partial charge >= 0.3 is 0 Å². The van der Waals surface area contributed by atoms with Crippen LogP contribution in [0.25, 0.3) is 0 Å². The molecule has 1 saturated heterocycles. The molecule has 0 aromatic carbocycles. The monoisotopic (exact) mass is 308 g/mol. The molecule has 2 rings (SSSR count). The molecule has 110 valence electrons. The van der Waals surface area contributed by atoms with Crippen LogP contribution in [-0.4, -0.2) is 49.6 Å². The van der Waals surface area contributed by atoms with Gasteiger partial charge in [0.05, 0.1) is 11.9 Å². The maximum Gasteiger partial charge on any atom is 0.246 e. The van der Waals surface area contributed by atoms with Crippen molar-refractivity contribution in [2.75, 3.05) is 26.7 Å². The molecule has 1 unspecified atom stereocenters. The highest BCUT2D eigenvalue weighted by molar-refractivity contribution is 7.89. The summed E-state index contributed by atoms with van der Waals surface area (Å²) in [5.41, 5.74) is 0.603. The molecule has 1 aliphatic heterocycles. The molecule has 8 heteroatoms. The van der Waals surface area contributed by atoms with Crippen molar-refractivity contribution >= 4 is 22.4 Å². The predicted octanol–water partition coefficient (Wildman–Crippen LogP) is 0.760. The van der Waals surface area contributed by atoms with Crippen LogP contribution in [0.4, 0.5) is 0 Å². The zero-order valence-corrected chi connectivity index (χ0v) is 12.9. The van der Waals surface area contributed by atoms with Gasteiger partial charge in [-0.05, 0) is 39.3 Å². The van der Waals surface area contributed by atoms with Crippen LogP contribution in [0, 0.1) is 12.8 Å². The lowest BCUT2D eigenvalue weighted by molar-refractivity contribution is 0.263. The van der Waals surface area contributed by atoms with Gasteiger partial charge in [-0.25, -0.2) is 8.42 Å². The Bertz CT molecular complexity index is 501. The molecule has 0 amide bonds. The molecule has 0 spiro atoms.